The lowest BCUT2D eigenvalue weighted by molar-refractivity contribution is 0.628. The van der Waals surface area contributed by atoms with E-state index in [4.69, 9.17) is 5.73 Å². The molecule has 0 unspecified atom stereocenters. The van der Waals surface area contributed by atoms with E-state index in [1.807, 2.05) is 31.2 Å². The molecule has 0 saturated heterocycles. The molecule has 2 aromatic rings. The fourth-order valence-corrected chi connectivity index (χ4v) is 1.67. The molecule has 0 fully saturated rings. The average Bonchev–Trinajstić information content (AvgIpc) is 2.17. The molecule has 0 bridgehead atoms. The van der Waals surface area contributed by atoms with Crippen molar-refractivity contribution in [2.45, 2.75) is 6.92 Å². The van der Waals surface area contributed by atoms with Crippen molar-refractivity contribution in [3.8, 4) is 11.1 Å². The van der Waals surface area contributed by atoms with Gasteiger partial charge in [0.25, 0.3) is 0 Å². The third kappa shape index (κ3) is 1.99. The largest absolute Gasteiger partial charge is 0.399 e. The van der Waals surface area contributed by atoms with Crippen LogP contribution in [0.1, 0.15) is 5.56 Å². The number of rotatable bonds is 1. The molecule has 0 atom stereocenters. The van der Waals surface area contributed by atoms with E-state index in [1.165, 1.54) is 12.1 Å². The minimum Gasteiger partial charge on any atom is -0.399 e. The van der Waals surface area contributed by atoms with Gasteiger partial charge >= 0.3 is 0 Å². The summed E-state index contributed by atoms with van der Waals surface area (Å²) in [6, 6.07) is 12.2. The molecule has 0 aliphatic rings. The molecule has 76 valence electrons. The van der Waals surface area contributed by atoms with Gasteiger partial charge in [-0.25, -0.2) is 4.39 Å². The van der Waals surface area contributed by atoms with Crippen LogP contribution in [0.2, 0.25) is 0 Å². The van der Waals surface area contributed by atoms with Crippen molar-refractivity contribution in [2.24, 2.45) is 0 Å². The summed E-state index contributed by atoms with van der Waals surface area (Å²) in [5.41, 5.74) is 9.35. The van der Waals surface area contributed by atoms with Crippen LogP contribution in [0.15, 0.2) is 42.5 Å². The molecule has 0 spiro atoms. The van der Waals surface area contributed by atoms with Crippen molar-refractivity contribution in [3.05, 3.63) is 53.8 Å². The molecule has 0 aliphatic carbocycles. The molecule has 0 aromatic heterocycles. The van der Waals surface area contributed by atoms with Crippen molar-refractivity contribution < 1.29 is 4.39 Å². The number of nitrogens with two attached hydrogens (primary N) is 1. The summed E-state index contributed by atoms with van der Waals surface area (Å²) in [7, 11) is 0. The van der Waals surface area contributed by atoms with E-state index in [9.17, 15) is 4.39 Å². The molecule has 0 saturated carbocycles. The standard InChI is InChI=1S/C13H12FN/c1-9-7-12(15)5-6-13(9)10-3-2-4-11(14)8-10/h2-8H,15H2,1H3. The van der Waals surface area contributed by atoms with Crippen LogP contribution in [0.3, 0.4) is 0 Å². The van der Waals surface area contributed by atoms with Gasteiger partial charge in [-0.15, -0.1) is 0 Å². The van der Waals surface area contributed by atoms with E-state index < -0.39 is 0 Å². The van der Waals surface area contributed by atoms with Gasteiger partial charge in [-0.2, -0.15) is 0 Å². The molecule has 0 amide bonds. The third-order valence-electron chi connectivity index (χ3n) is 2.39. The number of halogens is 1. The number of nitrogen functional groups attached to an aromatic ring is 1. The van der Waals surface area contributed by atoms with Gasteiger partial charge in [-0.3, -0.25) is 0 Å². The Hall–Kier alpha value is -1.83. The Labute approximate surface area is 88.4 Å². The highest BCUT2D eigenvalue weighted by molar-refractivity contribution is 5.69. The summed E-state index contributed by atoms with van der Waals surface area (Å²) in [4.78, 5) is 0. The van der Waals surface area contributed by atoms with Crippen molar-refractivity contribution in [2.75, 3.05) is 5.73 Å². The number of hydrogen-bond donors (Lipinski definition) is 1. The second kappa shape index (κ2) is 3.73. The van der Waals surface area contributed by atoms with Crippen LogP contribution in [-0.2, 0) is 0 Å². The second-order valence-corrected chi connectivity index (χ2v) is 3.58. The molecule has 2 heteroatoms. The molecular weight excluding hydrogens is 189 g/mol. The highest BCUT2D eigenvalue weighted by Crippen LogP contribution is 2.25. The lowest BCUT2D eigenvalue weighted by atomic mass is 10.0. The highest BCUT2D eigenvalue weighted by Gasteiger charge is 2.02. The summed E-state index contributed by atoms with van der Waals surface area (Å²) in [5.74, 6) is -0.219. The van der Waals surface area contributed by atoms with Gasteiger partial charge in [0.15, 0.2) is 0 Å². The normalized spacial score (nSPS) is 10.3. The summed E-state index contributed by atoms with van der Waals surface area (Å²) in [5, 5.41) is 0. The van der Waals surface area contributed by atoms with E-state index in [2.05, 4.69) is 0 Å². The Morgan fingerprint density at radius 2 is 1.87 bits per heavy atom. The van der Waals surface area contributed by atoms with Gasteiger partial charge in [0.05, 0.1) is 0 Å². The predicted octanol–water partition coefficient (Wildman–Crippen LogP) is 3.38. The molecular formula is C13H12FN. The number of anilines is 1. The van der Waals surface area contributed by atoms with Crippen LogP contribution in [0.5, 0.6) is 0 Å². The fourth-order valence-electron chi connectivity index (χ4n) is 1.67. The average molecular weight is 201 g/mol. The third-order valence-corrected chi connectivity index (χ3v) is 2.39. The highest BCUT2D eigenvalue weighted by atomic mass is 19.1. The van der Waals surface area contributed by atoms with E-state index in [0.717, 1.165) is 22.4 Å². The maximum Gasteiger partial charge on any atom is 0.123 e. The topological polar surface area (TPSA) is 26.0 Å². The summed E-state index contributed by atoms with van der Waals surface area (Å²) in [6.45, 7) is 1.97. The van der Waals surface area contributed by atoms with Crippen molar-refractivity contribution in [1.29, 1.82) is 0 Å². The summed E-state index contributed by atoms with van der Waals surface area (Å²) >= 11 is 0. The first-order valence-electron chi connectivity index (χ1n) is 4.79. The number of aryl methyl sites for hydroxylation is 1. The fraction of sp³-hybridized carbons (Fsp3) is 0.0769. The zero-order chi connectivity index (χ0) is 10.8. The van der Waals surface area contributed by atoms with E-state index >= 15 is 0 Å². The summed E-state index contributed by atoms with van der Waals surface area (Å²) in [6.07, 6.45) is 0. The molecule has 2 N–H and O–H groups in total. The first-order chi connectivity index (χ1) is 7.16. The van der Waals surface area contributed by atoms with Crippen LogP contribution in [-0.4, -0.2) is 0 Å². The molecule has 2 aromatic carbocycles. The molecule has 2 rings (SSSR count). The van der Waals surface area contributed by atoms with Crippen molar-refractivity contribution in [1.82, 2.24) is 0 Å². The Morgan fingerprint density at radius 3 is 2.53 bits per heavy atom. The molecule has 0 aliphatic heterocycles. The lowest BCUT2D eigenvalue weighted by Gasteiger charge is -2.06. The van der Waals surface area contributed by atoms with Gasteiger partial charge in [0, 0.05) is 5.69 Å². The monoisotopic (exact) mass is 201 g/mol. The molecule has 1 nitrogen and oxygen atoms in total. The number of hydrogen-bond acceptors (Lipinski definition) is 1. The van der Waals surface area contributed by atoms with Gasteiger partial charge in [-0.1, -0.05) is 18.2 Å². The van der Waals surface area contributed by atoms with Crippen LogP contribution < -0.4 is 5.73 Å². The maximum absolute atomic E-state index is 13.0. The van der Waals surface area contributed by atoms with Crippen LogP contribution in [0.4, 0.5) is 10.1 Å². The van der Waals surface area contributed by atoms with Crippen molar-refractivity contribution >= 4 is 5.69 Å². The van der Waals surface area contributed by atoms with Gasteiger partial charge < -0.3 is 5.73 Å². The van der Waals surface area contributed by atoms with Crippen LogP contribution >= 0.6 is 0 Å². The van der Waals surface area contributed by atoms with E-state index in [0.29, 0.717) is 0 Å². The van der Waals surface area contributed by atoms with Gasteiger partial charge in [0.2, 0.25) is 0 Å². The zero-order valence-electron chi connectivity index (χ0n) is 8.50. The first kappa shape index (κ1) is 9.71. The Morgan fingerprint density at radius 1 is 1.07 bits per heavy atom. The number of benzene rings is 2. The SMILES string of the molecule is Cc1cc(N)ccc1-c1cccc(F)c1. The quantitative estimate of drug-likeness (QED) is 0.703. The Balaban J connectivity index is 2.54. The zero-order valence-corrected chi connectivity index (χ0v) is 8.50. The second-order valence-electron chi connectivity index (χ2n) is 3.58. The summed E-state index contributed by atoms with van der Waals surface area (Å²) < 4.78 is 13.0. The van der Waals surface area contributed by atoms with Gasteiger partial charge in [0.1, 0.15) is 5.82 Å². The smallest absolute Gasteiger partial charge is 0.123 e. The molecule has 0 radical (unpaired) electrons. The van der Waals surface area contributed by atoms with Crippen molar-refractivity contribution in [3.63, 3.8) is 0 Å². The lowest BCUT2D eigenvalue weighted by Crippen LogP contribution is -1.88. The predicted molar refractivity (Wildman–Crippen MR) is 61.0 cm³/mol. The van der Waals surface area contributed by atoms with Crippen LogP contribution in [0, 0.1) is 12.7 Å². The minimum absolute atomic E-state index is 0.219. The molecule has 0 heterocycles. The minimum atomic E-state index is -0.219. The Bertz CT molecular complexity index is 492. The first-order valence-corrected chi connectivity index (χ1v) is 4.79. The van der Waals surface area contributed by atoms with Gasteiger partial charge in [-0.05, 0) is 47.9 Å². The maximum atomic E-state index is 13.0. The molecule has 15 heavy (non-hydrogen) atoms. The van der Waals surface area contributed by atoms with E-state index in [-0.39, 0.29) is 5.82 Å². The van der Waals surface area contributed by atoms with Crippen LogP contribution in [0.25, 0.3) is 11.1 Å². The Kier molecular flexibility index (Phi) is 2.42. The van der Waals surface area contributed by atoms with E-state index in [1.54, 1.807) is 6.07 Å².